The number of carbonyl (C=O) groups is 2. The first-order chi connectivity index (χ1) is 13.0. The average molecular weight is 364 g/mol. The Balaban J connectivity index is 1.41. The predicted octanol–water partition coefficient (Wildman–Crippen LogP) is 2.97. The minimum Gasteiger partial charge on any atom is -0.618 e. The molecule has 4 saturated carbocycles. The zero-order valence-electron chi connectivity index (χ0n) is 15.3. The van der Waals surface area contributed by atoms with Crippen LogP contribution in [0, 0.1) is 34.3 Å². The first-order valence-electron chi connectivity index (χ1n) is 9.91. The molecule has 2 aromatic rings. The number of nitrogens with two attached hydrogens (primary N) is 1. The maximum Gasteiger partial charge on any atom is 0.260 e. The van der Waals surface area contributed by atoms with E-state index >= 15 is 0 Å². The van der Waals surface area contributed by atoms with Crippen LogP contribution in [0.15, 0.2) is 36.4 Å². The normalized spacial score (nSPS) is 34.1. The van der Waals surface area contributed by atoms with Gasteiger partial charge in [-0.15, -0.1) is 0 Å². The van der Waals surface area contributed by atoms with Gasteiger partial charge in [0.25, 0.3) is 5.69 Å². The van der Waals surface area contributed by atoms with Crippen LogP contribution in [-0.4, -0.2) is 11.7 Å². The number of ketones is 1. The van der Waals surface area contributed by atoms with Crippen LogP contribution in [-0.2, 0) is 4.79 Å². The van der Waals surface area contributed by atoms with E-state index in [1.807, 2.05) is 24.3 Å². The lowest BCUT2D eigenvalue weighted by molar-refractivity contribution is -0.579. The molecule has 2 N–H and O–H groups in total. The standard InChI is InChI=1S/C22H24N2O3/c23-21(26)22-10-13-7-15(11-22)17(16(8-13)12-22)9-20(25)19-6-5-14-3-1-2-4-18(14)24(19)27/h1-6,13,15-17H,7-12H2,(H2,23,26). The number of nitrogens with zero attached hydrogens (tertiary/aromatic N) is 1. The van der Waals surface area contributed by atoms with Crippen molar-refractivity contribution in [3.05, 3.63) is 47.3 Å². The molecule has 4 aliphatic carbocycles. The maximum atomic E-state index is 13.0. The number of fused-ring (bicyclic) bond motifs is 1. The van der Waals surface area contributed by atoms with Crippen molar-refractivity contribution < 1.29 is 14.3 Å². The molecule has 2 atom stereocenters. The second kappa shape index (κ2) is 5.78. The molecule has 0 aliphatic heterocycles. The van der Waals surface area contributed by atoms with E-state index in [0.29, 0.717) is 29.7 Å². The number of aromatic nitrogens is 1. The van der Waals surface area contributed by atoms with Crippen LogP contribution in [0.2, 0.25) is 0 Å². The Morgan fingerprint density at radius 2 is 1.78 bits per heavy atom. The van der Waals surface area contributed by atoms with Gasteiger partial charge in [-0.25, -0.2) is 0 Å². The molecule has 4 bridgehead atoms. The molecule has 1 aromatic heterocycles. The summed E-state index contributed by atoms with van der Waals surface area (Å²) in [5.74, 6) is 1.38. The van der Waals surface area contributed by atoms with Crippen molar-refractivity contribution in [3.63, 3.8) is 0 Å². The summed E-state index contributed by atoms with van der Waals surface area (Å²) < 4.78 is 0.776. The van der Waals surface area contributed by atoms with Crippen LogP contribution >= 0.6 is 0 Å². The van der Waals surface area contributed by atoms with E-state index in [2.05, 4.69) is 0 Å². The number of primary amides is 1. The molecule has 0 radical (unpaired) electrons. The third-order valence-corrected chi connectivity index (χ3v) is 7.49. The fourth-order valence-electron chi connectivity index (χ4n) is 6.47. The molecule has 4 aliphatic rings. The maximum absolute atomic E-state index is 13.0. The Morgan fingerprint density at radius 1 is 1.07 bits per heavy atom. The molecule has 2 unspecified atom stereocenters. The quantitative estimate of drug-likeness (QED) is 0.514. The van der Waals surface area contributed by atoms with Crippen molar-refractivity contribution in [3.8, 4) is 0 Å². The largest absolute Gasteiger partial charge is 0.618 e. The molecule has 1 heterocycles. The van der Waals surface area contributed by atoms with E-state index in [1.165, 1.54) is 0 Å². The smallest absolute Gasteiger partial charge is 0.260 e. The highest BCUT2D eigenvalue weighted by Gasteiger charge is 2.58. The molecular formula is C22H24N2O3. The zero-order chi connectivity index (χ0) is 18.8. The first-order valence-corrected chi connectivity index (χ1v) is 9.91. The molecule has 27 heavy (non-hydrogen) atoms. The number of para-hydroxylation sites is 1. The topological polar surface area (TPSA) is 87.1 Å². The number of pyridine rings is 1. The zero-order valence-corrected chi connectivity index (χ0v) is 15.3. The Kier molecular flexibility index (Phi) is 3.58. The van der Waals surface area contributed by atoms with Gasteiger partial charge in [-0.2, -0.15) is 4.73 Å². The van der Waals surface area contributed by atoms with Crippen LogP contribution in [0.5, 0.6) is 0 Å². The van der Waals surface area contributed by atoms with Crippen molar-refractivity contribution in [2.45, 2.75) is 38.5 Å². The minimum absolute atomic E-state index is 0.0821. The third-order valence-electron chi connectivity index (χ3n) is 7.49. The van der Waals surface area contributed by atoms with Gasteiger partial charge in [0.05, 0.1) is 0 Å². The molecule has 5 nitrogen and oxygen atoms in total. The summed E-state index contributed by atoms with van der Waals surface area (Å²) in [6, 6.07) is 10.8. The van der Waals surface area contributed by atoms with Gasteiger partial charge in [-0.1, -0.05) is 12.1 Å². The summed E-state index contributed by atoms with van der Waals surface area (Å²) in [5.41, 5.74) is 6.17. The summed E-state index contributed by atoms with van der Waals surface area (Å²) in [6.45, 7) is 0. The van der Waals surface area contributed by atoms with Gasteiger partial charge in [0.2, 0.25) is 17.2 Å². The van der Waals surface area contributed by atoms with Crippen molar-refractivity contribution in [2.24, 2.45) is 34.8 Å². The van der Waals surface area contributed by atoms with Gasteiger partial charge in [0.15, 0.2) is 0 Å². The molecule has 1 amide bonds. The number of amides is 1. The van der Waals surface area contributed by atoms with E-state index in [-0.39, 0.29) is 28.7 Å². The van der Waals surface area contributed by atoms with E-state index in [9.17, 15) is 14.8 Å². The summed E-state index contributed by atoms with van der Waals surface area (Å²) in [7, 11) is 0. The SMILES string of the molecule is NC(=O)C12CC3CC(C1)C(CC(=O)c1ccc4ccccc4[n+]1[O-])C(C3)C2. The molecule has 140 valence electrons. The summed E-state index contributed by atoms with van der Waals surface area (Å²) in [6.07, 6.45) is 5.17. The number of rotatable bonds is 4. The number of benzene rings is 1. The highest BCUT2D eigenvalue weighted by Crippen LogP contribution is 2.62. The Morgan fingerprint density at radius 3 is 2.48 bits per heavy atom. The third kappa shape index (κ3) is 2.47. The van der Waals surface area contributed by atoms with Crippen LogP contribution in [0.25, 0.3) is 10.9 Å². The fraction of sp³-hybridized carbons (Fsp3) is 0.500. The van der Waals surface area contributed by atoms with E-state index in [4.69, 9.17) is 5.73 Å². The molecular weight excluding hydrogens is 340 g/mol. The fourth-order valence-corrected chi connectivity index (χ4v) is 6.47. The van der Waals surface area contributed by atoms with Crippen molar-refractivity contribution >= 4 is 22.6 Å². The minimum atomic E-state index is -0.336. The molecule has 0 saturated heterocycles. The lowest BCUT2D eigenvalue weighted by Crippen LogP contribution is -2.56. The van der Waals surface area contributed by atoms with Crippen LogP contribution in [0.3, 0.4) is 0 Å². The molecule has 4 fully saturated rings. The van der Waals surface area contributed by atoms with Crippen LogP contribution in [0.4, 0.5) is 0 Å². The summed E-state index contributed by atoms with van der Waals surface area (Å²) >= 11 is 0. The van der Waals surface area contributed by atoms with Gasteiger partial charge in [-0.3, -0.25) is 9.59 Å². The first kappa shape index (κ1) is 16.7. The number of Topliss-reactive ketones (excluding diaryl/α,β-unsaturated/α-hetero) is 1. The van der Waals surface area contributed by atoms with E-state index in [1.54, 1.807) is 12.1 Å². The van der Waals surface area contributed by atoms with Crippen molar-refractivity contribution in [1.29, 1.82) is 0 Å². The highest BCUT2D eigenvalue weighted by atomic mass is 16.5. The Labute approximate surface area is 158 Å². The van der Waals surface area contributed by atoms with Gasteiger partial charge in [-0.05, 0) is 67.9 Å². The summed E-state index contributed by atoms with van der Waals surface area (Å²) in [5, 5.41) is 13.5. The van der Waals surface area contributed by atoms with E-state index in [0.717, 1.165) is 42.2 Å². The Bertz CT molecular complexity index is 938. The van der Waals surface area contributed by atoms with Crippen LogP contribution < -0.4 is 10.5 Å². The van der Waals surface area contributed by atoms with Crippen molar-refractivity contribution in [2.75, 3.05) is 0 Å². The number of hydrogen-bond acceptors (Lipinski definition) is 3. The second-order valence-electron chi connectivity index (χ2n) is 8.98. The average Bonchev–Trinajstić information content (AvgIpc) is 2.64. The van der Waals surface area contributed by atoms with E-state index < -0.39 is 0 Å². The number of carbonyl (C=O) groups excluding carboxylic acids is 2. The number of hydrogen-bond donors (Lipinski definition) is 1. The van der Waals surface area contributed by atoms with Gasteiger partial charge in [0.1, 0.15) is 0 Å². The van der Waals surface area contributed by atoms with Crippen molar-refractivity contribution in [1.82, 2.24) is 0 Å². The second-order valence-corrected chi connectivity index (χ2v) is 8.98. The van der Waals surface area contributed by atoms with Gasteiger partial charge in [0, 0.05) is 29.4 Å². The Hall–Kier alpha value is -2.43. The lowest BCUT2D eigenvalue weighted by atomic mass is 9.45. The molecule has 1 aromatic carbocycles. The highest BCUT2D eigenvalue weighted by molar-refractivity contribution is 5.94. The molecule has 5 heteroatoms. The predicted molar refractivity (Wildman–Crippen MR) is 101 cm³/mol. The van der Waals surface area contributed by atoms with Gasteiger partial charge < -0.3 is 10.9 Å². The molecule has 6 rings (SSSR count). The lowest BCUT2D eigenvalue weighted by Gasteiger charge is -2.58. The molecule has 0 spiro atoms. The monoisotopic (exact) mass is 364 g/mol. The van der Waals surface area contributed by atoms with Crippen LogP contribution in [0.1, 0.15) is 49.0 Å². The summed E-state index contributed by atoms with van der Waals surface area (Å²) in [4.78, 5) is 25.1. The van der Waals surface area contributed by atoms with Gasteiger partial charge >= 0.3 is 0 Å².